The van der Waals surface area contributed by atoms with E-state index in [0.717, 1.165) is 19.4 Å². The molecule has 0 bridgehead atoms. The Morgan fingerprint density at radius 3 is 3.12 bits per heavy atom. The average Bonchev–Trinajstić information content (AvgIpc) is 2.78. The molecule has 0 spiro atoms. The lowest BCUT2D eigenvalue weighted by atomic mass is 9.72. The Hall–Kier alpha value is -0.540. The molecule has 3 rings (SSSR count). The van der Waals surface area contributed by atoms with Crippen LogP contribution in [0.25, 0.3) is 0 Å². The second-order valence-corrected chi connectivity index (χ2v) is 5.60. The molecule has 2 fully saturated rings. The second kappa shape index (κ2) is 3.47. The Balaban J connectivity index is 1.95. The number of hydrogen-bond acceptors (Lipinski definition) is 3. The Labute approximate surface area is 97.4 Å². The van der Waals surface area contributed by atoms with Gasteiger partial charge in [-0.3, -0.25) is 0 Å². The normalized spacial score (nSPS) is 46.6. The summed E-state index contributed by atoms with van der Waals surface area (Å²) in [6, 6.07) is 0. The summed E-state index contributed by atoms with van der Waals surface area (Å²) >= 11 is 0. The van der Waals surface area contributed by atoms with Gasteiger partial charge in [-0.25, -0.2) is 0 Å². The first kappa shape index (κ1) is 10.6. The third-order valence-corrected chi connectivity index (χ3v) is 4.81. The summed E-state index contributed by atoms with van der Waals surface area (Å²) in [6.07, 6.45) is 6.44. The van der Waals surface area contributed by atoms with E-state index in [0.29, 0.717) is 23.7 Å². The van der Waals surface area contributed by atoms with Crippen molar-refractivity contribution in [3.8, 4) is 0 Å². The lowest BCUT2D eigenvalue weighted by Gasteiger charge is -2.32. The Morgan fingerprint density at radius 1 is 1.56 bits per heavy atom. The minimum atomic E-state index is 0.291. The molecule has 0 saturated carbocycles. The van der Waals surface area contributed by atoms with E-state index in [1.54, 1.807) is 0 Å². The van der Waals surface area contributed by atoms with E-state index in [4.69, 9.17) is 9.47 Å². The molecule has 3 aliphatic rings. The van der Waals surface area contributed by atoms with Gasteiger partial charge in [0.05, 0.1) is 6.10 Å². The van der Waals surface area contributed by atoms with Crippen LogP contribution in [0.3, 0.4) is 0 Å². The maximum absolute atomic E-state index is 5.90. The minimum absolute atomic E-state index is 0.291. The zero-order valence-electron chi connectivity index (χ0n) is 10.4. The lowest BCUT2D eigenvalue weighted by molar-refractivity contribution is -0.0147. The van der Waals surface area contributed by atoms with E-state index in [2.05, 4.69) is 24.9 Å². The van der Waals surface area contributed by atoms with Crippen molar-refractivity contribution in [2.75, 3.05) is 20.8 Å². The van der Waals surface area contributed by atoms with Gasteiger partial charge < -0.3 is 14.4 Å². The highest BCUT2D eigenvalue weighted by atomic mass is 16.5. The standard InChI is InChI=1S/C13H21NO2/c1-13-6-7-16-12(13)14(2)11-5-4-9(15-3)8-10(11)13/h5,9-10,12H,4,6-8H2,1-3H3. The third-order valence-electron chi connectivity index (χ3n) is 4.81. The molecule has 90 valence electrons. The van der Waals surface area contributed by atoms with Crippen molar-refractivity contribution in [3.63, 3.8) is 0 Å². The molecule has 0 aromatic carbocycles. The van der Waals surface area contributed by atoms with Crippen LogP contribution in [0.4, 0.5) is 0 Å². The van der Waals surface area contributed by atoms with Crippen LogP contribution < -0.4 is 0 Å². The van der Waals surface area contributed by atoms with Crippen LogP contribution in [0.5, 0.6) is 0 Å². The molecule has 0 aromatic rings. The molecular formula is C13H21NO2. The highest BCUT2D eigenvalue weighted by molar-refractivity contribution is 5.23. The number of ether oxygens (including phenoxy) is 2. The Kier molecular flexibility index (Phi) is 2.30. The van der Waals surface area contributed by atoms with Crippen LogP contribution in [-0.2, 0) is 9.47 Å². The number of allylic oxidation sites excluding steroid dienone is 1. The zero-order valence-corrected chi connectivity index (χ0v) is 10.4. The van der Waals surface area contributed by atoms with Gasteiger partial charge in [0.1, 0.15) is 6.23 Å². The number of nitrogens with zero attached hydrogens (tertiary/aromatic N) is 1. The van der Waals surface area contributed by atoms with Crippen molar-refractivity contribution in [1.29, 1.82) is 0 Å². The van der Waals surface area contributed by atoms with E-state index in [9.17, 15) is 0 Å². The molecule has 2 saturated heterocycles. The molecule has 0 N–H and O–H groups in total. The molecule has 3 heteroatoms. The van der Waals surface area contributed by atoms with Gasteiger partial charge in [0.15, 0.2) is 0 Å². The molecule has 16 heavy (non-hydrogen) atoms. The maximum atomic E-state index is 5.90. The van der Waals surface area contributed by atoms with Gasteiger partial charge in [-0.1, -0.05) is 13.0 Å². The molecule has 3 nitrogen and oxygen atoms in total. The van der Waals surface area contributed by atoms with E-state index in [1.165, 1.54) is 12.1 Å². The zero-order chi connectivity index (χ0) is 11.3. The molecule has 0 aromatic heterocycles. The molecule has 2 heterocycles. The predicted molar refractivity (Wildman–Crippen MR) is 61.8 cm³/mol. The summed E-state index contributed by atoms with van der Waals surface area (Å²) in [5.74, 6) is 0.628. The number of likely N-dealkylation sites (tertiary alicyclic amines) is 1. The van der Waals surface area contributed by atoms with Gasteiger partial charge in [0.25, 0.3) is 0 Å². The summed E-state index contributed by atoms with van der Waals surface area (Å²) in [5, 5.41) is 0. The third kappa shape index (κ3) is 1.22. The van der Waals surface area contributed by atoms with Crippen LogP contribution in [0.15, 0.2) is 11.8 Å². The number of fused-ring (bicyclic) bond motifs is 3. The highest BCUT2D eigenvalue weighted by Gasteiger charge is 2.56. The van der Waals surface area contributed by atoms with Gasteiger partial charge >= 0.3 is 0 Å². The molecule has 4 unspecified atom stereocenters. The fourth-order valence-electron chi connectivity index (χ4n) is 3.80. The monoisotopic (exact) mass is 223 g/mol. The summed E-state index contributed by atoms with van der Waals surface area (Å²) in [5.41, 5.74) is 1.79. The van der Waals surface area contributed by atoms with Crippen LogP contribution in [0.2, 0.25) is 0 Å². The second-order valence-electron chi connectivity index (χ2n) is 5.60. The first-order valence-electron chi connectivity index (χ1n) is 6.24. The molecular weight excluding hydrogens is 202 g/mol. The smallest absolute Gasteiger partial charge is 0.135 e. The van der Waals surface area contributed by atoms with E-state index in [1.807, 2.05) is 7.11 Å². The highest BCUT2D eigenvalue weighted by Crippen LogP contribution is 2.56. The van der Waals surface area contributed by atoms with Crippen LogP contribution in [-0.4, -0.2) is 38.0 Å². The first-order valence-corrected chi connectivity index (χ1v) is 6.24. The molecule has 2 aliphatic heterocycles. The predicted octanol–water partition coefficient (Wildman–Crippen LogP) is 1.99. The summed E-state index contributed by atoms with van der Waals surface area (Å²) in [7, 11) is 4.00. The van der Waals surface area contributed by atoms with Crippen LogP contribution >= 0.6 is 0 Å². The van der Waals surface area contributed by atoms with Crippen LogP contribution in [0, 0.1) is 11.3 Å². The molecule has 0 amide bonds. The molecule has 0 radical (unpaired) electrons. The van der Waals surface area contributed by atoms with Crippen molar-refractivity contribution < 1.29 is 9.47 Å². The lowest BCUT2D eigenvalue weighted by Crippen LogP contribution is -2.34. The van der Waals surface area contributed by atoms with E-state index in [-0.39, 0.29) is 0 Å². The topological polar surface area (TPSA) is 21.7 Å². The largest absolute Gasteiger partial charge is 0.381 e. The van der Waals surface area contributed by atoms with Crippen molar-refractivity contribution in [3.05, 3.63) is 11.8 Å². The van der Waals surface area contributed by atoms with Gasteiger partial charge in [0, 0.05) is 37.8 Å². The number of hydrogen-bond donors (Lipinski definition) is 0. The van der Waals surface area contributed by atoms with Crippen molar-refractivity contribution in [1.82, 2.24) is 4.90 Å². The fourth-order valence-corrected chi connectivity index (χ4v) is 3.80. The van der Waals surface area contributed by atoms with Crippen molar-refractivity contribution >= 4 is 0 Å². The van der Waals surface area contributed by atoms with Gasteiger partial charge in [0.2, 0.25) is 0 Å². The SMILES string of the molecule is COC1CC=C2C(C1)C1(C)CCOC1N2C. The summed E-state index contributed by atoms with van der Waals surface area (Å²) in [4.78, 5) is 2.35. The maximum Gasteiger partial charge on any atom is 0.135 e. The van der Waals surface area contributed by atoms with Crippen LogP contribution in [0.1, 0.15) is 26.2 Å². The average molecular weight is 223 g/mol. The molecule has 4 atom stereocenters. The fraction of sp³-hybridized carbons (Fsp3) is 0.846. The Morgan fingerprint density at radius 2 is 2.38 bits per heavy atom. The summed E-state index contributed by atoms with van der Waals surface area (Å²) in [6.45, 7) is 3.29. The van der Waals surface area contributed by atoms with E-state index >= 15 is 0 Å². The quantitative estimate of drug-likeness (QED) is 0.678. The number of rotatable bonds is 1. The van der Waals surface area contributed by atoms with E-state index < -0.39 is 0 Å². The van der Waals surface area contributed by atoms with Gasteiger partial charge in [-0.2, -0.15) is 0 Å². The van der Waals surface area contributed by atoms with Crippen molar-refractivity contribution in [2.24, 2.45) is 11.3 Å². The Bertz CT molecular complexity index is 328. The van der Waals surface area contributed by atoms with Gasteiger partial charge in [-0.15, -0.1) is 0 Å². The molecule has 1 aliphatic carbocycles. The first-order chi connectivity index (χ1) is 7.66. The minimum Gasteiger partial charge on any atom is -0.381 e. The summed E-state index contributed by atoms with van der Waals surface area (Å²) < 4.78 is 11.4. The van der Waals surface area contributed by atoms with Crippen molar-refractivity contribution in [2.45, 2.75) is 38.5 Å². The van der Waals surface area contributed by atoms with Gasteiger partial charge in [-0.05, 0) is 19.3 Å². The number of methoxy groups -OCH3 is 1.